The van der Waals surface area contributed by atoms with Crippen LogP contribution in [0.5, 0.6) is 0 Å². The van der Waals surface area contributed by atoms with Gasteiger partial charge in [-0.3, -0.25) is 4.79 Å². The first-order valence-corrected chi connectivity index (χ1v) is 6.89. The first-order valence-electron chi connectivity index (χ1n) is 6.89. The Morgan fingerprint density at radius 1 is 1.39 bits per heavy atom. The van der Waals surface area contributed by atoms with Crippen LogP contribution in [0, 0.1) is 11.2 Å². The van der Waals surface area contributed by atoms with E-state index in [-0.39, 0.29) is 37.0 Å². The van der Waals surface area contributed by atoms with Gasteiger partial charge in [0.05, 0.1) is 6.20 Å². The molecule has 2 aromatic rings. The highest BCUT2D eigenvalue weighted by Crippen LogP contribution is 2.36. The van der Waals surface area contributed by atoms with Crippen molar-refractivity contribution >= 4 is 5.91 Å². The zero-order valence-electron chi connectivity index (χ0n) is 12.2. The lowest BCUT2D eigenvalue weighted by atomic mass is 9.79. The van der Waals surface area contributed by atoms with Crippen molar-refractivity contribution in [2.75, 3.05) is 13.1 Å². The third-order valence-electron chi connectivity index (χ3n) is 3.63. The number of nitrogens with zero attached hydrogens (tertiary/aromatic N) is 4. The molecule has 0 unspecified atom stereocenters. The summed E-state index contributed by atoms with van der Waals surface area (Å²) in [5.41, 5.74) is -0.352. The van der Waals surface area contributed by atoms with Gasteiger partial charge in [0.2, 0.25) is 6.43 Å². The monoisotopic (exact) mass is 326 g/mol. The second-order valence-corrected chi connectivity index (χ2v) is 5.84. The van der Waals surface area contributed by atoms with Crippen LogP contribution in [-0.4, -0.2) is 45.5 Å². The zero-order valence-corrected chi connectivity index (χ0v) is 12.2. The van der Waals surface area contributed by atoms with Gasteiger partial charge in [0.15, 0.2) is 0 Å². The first kappa shape index (κ1) is 15.4. The van der Waals surface area contributed by atoms with Gasteiger partial charge in [-0.2, -0.15) is 0 Å². The lowest BCUT2D eigenvalue weighted by Crippen LogP contribution is -2.57. The summed E-state index contributed by atoms with van der Waals surface area (Å²) >= 11 is 0. The van der Waals surface area contributed by atoms with E-state index in [1.807, 2.05) is 0 Å². The van der Waals surface area contributed by atoms with Crippen LogP contribution in [-0.2, 0) is 0 Å². The minimum absolute atomic E-state index is 0.00999. The maximum Gasteiger partial charge on any atom is 0.311 e. The molecule has 1 saturated heterocycles. The fraction of sp³-hybridized carbons (Fsp3) is 0.429. The summed E-state index contributed by atoms with van der Waals surface area (Å²) in [6, 6.07) is 2.53. The second kappa shape index (κ2) is 5.64. The lowest BCUT2D eigenvalue weighted by Gasteiger charge is -2.47. The van der Waals surface area contributed by atoms with Crippen molar-refractivity contribution in [2.45, 2.75) is 19.8 Å². The van der Waals surface area contributed by atoms with Gasteiger partial charge in [-0.05, 0) is 12.1 Å². The molecule has 1 amide bonds. The summed E-state index contributed by atoms with van der Waals surface area (Å²) in [7, 11) is 0. The molecule has 0 saturated carbocycles. The predicted molar refractivity (Wildman–Crippen MR) is 72.1 cm³/mol. The Morgan fingerprint density at radius 2 is 2.13 bits per heavy atom. The number of hydrogen-bond acceptors (Lipinski definition) is 5. The van der Waals surface area contributed by atoms with Gasteiger partial charge >= 0.3 is 11.8 Å². The Morgan fingerprint density at radius 3 is 2.74 bits per heavy atom. The van der Waals surface area contributed by atoms with Gasteiger partial charge < -0.3 is 9.32 Å². The topological polar surface area (TPSA) is 72.1 Å². The second-order valence-electron chi connectivity index (χ2n) is 5.84. The summed E-state index contributed by atoms with van der Waals surface area (Å²) < 4.78 is 42.9. The summed E-state index contributed by atoms with van der Waals surface area (Å²) in [5, 5.41) is 7.33. The van der Waals surface area contributed by atoms with Crippen molar-refractivity contribution in [2.24, 2.45) is 5.41 Å². The van der Waals surface area contributed by atoms with E-state index in [2.05, 4.69) is 15.2 Å². The quantitative estimate of drug-likeness (QED) is 0.862. The summed E-state index contributed by atoms with van der Waals surface area (Å²) in [6.07, 6.45) is -1.67. The number of halogens is 3. The van der Waals surface area contributed by atoms with Crippen molar-refractivity contribution in [3.05, 3.63) is 30.0 Å². The van der Waals surface area contributed by atoms with Crippen LogP contribution in [0.25, 0.3) is 11.6 Å². The van der Waals surface area contributed by atoms with Crippen LogP contribution in [0.4, 0.5) is 13.2 Å². The minimum Gasteiger partial charge on any atom is -0.411 e. The molecule has 3 heterocycles. The number of alkyl halides is 2. The molecule has 1 aliphatic rings. The molecule has 3 rings (SSSR count). The molecular formula is C14H13F3N4O2. The normalized spacial score (nSPS) is 16.5. The number of rotatable bonds is 4. The maximum atomic E-state index is 12.8. The van der Waals surface area contributed by atoms with E-state index in [1.165, 1.54) is 17.0 Å². The molecule has 0 spiro atoms. The van der Waals surface area contributed by atoms with Gasteiger partial charge in [-0.1, -0.05) is 6.92 Å². The highest BCUT2D eigenvalue weighted by atomic mass is 19.3. The molecule has 1 fully saturated rings. The fourth-order valence-electron chi connectivity index (χ4n) is 2.57. The Labute approximate surface area is 129 Å². The minimum atomic E-state index is -2.41. The van der Waals surface area contributed by atoms with Crippen LogP contribution < -0.4 is 0 Å². The summed E-state index contributed by atoms with van der Waals surface area (Å²) in [6.45, 7) is 2.12. The lowest BCUT2D eigenvalue weighted by molar-refractivity contribution is -0.0237. The Balaban J connectivity index is 1.67. The Kier molecular flexibility index (Phi) is 3.78. The van der Waals surface area contributed by atoms with E-state index in [0.717, 1.165) is 6.20 Å². The molecule has 0 radical (unpaired) electrons. The van der Waals surface area contributed by atoms with Gasteiger partial charge in [-0.25, -0.2) is 18.2 Å². The zero-order chi connectivity index (χ0) is 16.6. The molecule has 0 N–H and O–H groups in total. The largest absolute Gasteiger partial charge is 0.411 e. The smallest absolute Gasteiger partial charge is 0.311 e. The van der Waals surface area contributed by atoms with Crippen LogP contribution in [0.15, 0.2) is 22.7 Å². The molecule has 6 nitrogen and oxygen atoms in total. The number of carbonyl (C=O) groups excluding carboxylic acids is 1. The SMILES string of the molecule is CC1(CC(F)F)CN(C(=O)c2nnc(-c3ccc(F)cn3)o2)C1. The molecular weight excluding hydrogens is 313 g/mol. The highest BCUT2D eigenvalue weighted by Gasteiger charge is 2.44. The van der Waals surface area contributed by atoms with Gasteiger partial charge in [0.1, 0.15) is 11.5 Å². The van der Waals surface area contributed by atoms with E-state index >= 15 is 0 Å². The molecule has 9 heteroatoms. The number of carbonyl (C=O) groups is 1. The Hall–Kier alpha value is -2.45. The standard InChI is InChI=1S/C14H13F3N4O2/c1-14(4-10(16)17)6-21(7-14)13(22)12-20-19-11(23-12)9-3-2-8(15)5-18-9/h2-3,5,10H,4,6-7H2,1H3. The van der Waals surface area contributed by atoms with Crippen molar-refractivity contribution < 1.29 is 22.4 Å². The maximum absolute atomic E-state index is 12.8. The number of likely N-dealkylation sites (tertiary alicyclic amines) is 1. The van der Waals surface area contributed by atoms with E-state index < -0.39 is 23.6 Å². The summed E-state index contributed by atoms with van der Waals surface area (Å²) in [5.74, 6) is -1.28. The van der Waals surface area contributed by atoms with E-state index in [9.17, 15) is 18.0 Å². The number of amides is 1. The van der Waals surface area contributed by atoms with Gasteiger partial charge in [0, 0.05) is 24.9 Å². The number of pyridine rings is 1. The molecule has 122 valence electrons. The average molecular weight is 326 g/mol. The van der Waals surface area contributed by atoms with Gasteiger partial charge in [-0.15, -0.1) is 10.2 Å². The third kappa shape index (κ3) is 3.17. The highest BCUT2D eigenvalue weighted by molar-refractivity contribution is 5.90. The van der Waals surface area contributed by atoms with E-state index in [0.29, 0.717) is 0 Å². The fourth-order valence-corrected chi connectivity index (χ4v) is 2.57. The van der Waals surface area contributed by atoms with Crippen LogP contribution in [0.1, 0.15) is 24.0 Å². The number of hydrogen-bond donors (Lipinski definition) is 0. The molecule has 1 aliphatic heterocycles. The molecule has 0 bridgehead atoms. The van der Waals surface area contributed by atoms with Crippen molar-refractivity contribution in [1.29, 1.82) is 0 Å². The molecule has 0 aromatic carbocycles. The van der Waals surface area contributed by atoms with Crippen LogP contribution in [0.2, 0.25) is 0 Å². The van der Waals surface area contributed by atoms with Crippen molar-refractivity contribution in [3.63, 3.8) is 0 Å². The average Bonchev–Trinajstić information content (AvgIpc) is 2.93. The molecule has 0 aliphatic carbocycles. The van der Waals surface area contributed by atoms with Crippen LogP contribution in [0.3, 0.4) is 0 Å². The molecule has 23 heavy (non-hydrogen) atoms. The van der Waals surface area contributed by atoms with Crippen LogP contribution >= 0.6 is 0 Å². The third-order valence-corrected chi connectivity index (χ3v) is 3.63. The van der Waals surface area contributed by atoms with Crippen molar-refractivity contribution in [3.8, 4) is 11.6 Å². The van der Waals surface area contributed by atoms with Crippen molar-refractivity contribution in [1.82, 2.24) is 20.1 Å². The van der Waals surface area contributed by atoms with E-state index in [1.54, 1.807) is 6.92 Å². The molecule has 2 aromatic heterocycles. The predicted octanol–water partition coefficient (Wildman–Crippen LogP) is 2.39. The number of aromatic nitrogens is 3. The Bertz CT molecular complexity index is 711. The van der Waals surface area contributed by atoms with E-state index in [4.69, 9.17) is 4.42 Å². The summed E-state index contributed by atoms with van der Waals surface area (Å²) in [4.78, 5) is 17.3. The van der Waals surface area contributed by atoms with Gasteiger partial charge in [0.25, 0.3) is 5.89 Å². The first-order chi connectivity index (χ1) is 10.9. The molecule has 0 atom stereocenters.